The van der Waals surface area contributed by atoms with Crippen molar-refractivity contribution in [2.24, 2.45) is 0 Å². The minimum absolute atomic E-state index is 0.0637. The summed E-state index contributed by atoms with van der Waals surface area (Å²) in [5, 5.41) is 0. The molecule has 13 rings (SSSR count). The molecule has 0 bridgehead atoms. The minimum Gasteiger partial charge on any atom is -0.172 e. The summed E-state index contributed by atoms with van der Waals surface area (Å²) in [6.45, 7) is 18.6. The van der Waals surface area contributed by atoms with Crippen LogP contribution in [0.5, 0.6) is 0 Å². The van der Waals surface area contributed by atoms with Gasteiger partial charge in [0, 0.05) is 94.6 Å². The Bertz CT molecular complexity index is 4660. The minimum atomic E-state index is 0.0637. The van der Waals surface area contributed by atoms with Gasteiger partial charge in [0.15, 0.2) is 0 Å². The first-order valence-corrected chi connectivity index (χ1v) is 47.8. The van der Waals surface area contributed by atoms with Crippen LogP contribution in [-0.2, 0) is 31.1 Å². The first-order valence-electron chi connectivity index (χ1n) is 40.5. The van der Waals surface area contributed by atoms with Crippen molar-refractivity contribution in [2.75, 3.05) is 0 Å². The second kappa shape index (κ2) is 37.9. The first-order chi connectivity index (χ1) is 51.1. The van der Waals surface area contributed by atoms with Gasteiger partial charge in [0.25, 0.3) is 0 Å². The lowest BCUT2D eigenvalue weighted by molar-refractivity contribution is 0.398. The Kier molecular flexibility index (Phi) is 28.2. The Balaban J connectivity index is 0.781. The van der Waals surface area contributed by atoms with Gasteiger partial charge in [-0.15, -0.1) is 90.7 Å². The molecule has 3 aromatic carbocycles. The van der Waals surface area contributed by atoms with E-state index >= 15 is 0 Å². The Morgan fingerprint density at radius 3 is 1.02 bits per heavy atom. The van der Waals surface area contributed by atoms with Crippen molar-refractivity contribution >= 4 is 113 Å². The molecular weight excluding hydrogens is 1430 g/mol. The number of aromatic nitrogens is 2. The van der Waals surface area contributed by atoms with E-state index in [1.165, 1.54) is 344 Å². The zero-order valence-corrected chi connectivity index (χ0v) is 71.0. The van der Waals surface area contributed by atoms with Crippen molar-refractivity contribution in [3.63, 3.8) is 0 Å². The topological polar surface area (TPSA) is 25.8 Å². The lowest BCUT2D eigenvalue weighted by atomic mass is 9.70. The normalized spacial score (nSPS) is 12.7. The number of nitrogens with zero attached hydrogens (tertiary/aromatic N) is 2. The molecule has 0 fully saturated rings. The van der Waals surface area contributed by atoms with Gasteiger partial charge in [0.05, 0.1) is 11.7 Å². The molecule has 11 heteroatoms. The molecule has 104 heavy (non-hydrogen) atoms. The highest BCUT2D eigenvalue weighted by Crippen LogP contribution is 2.57. The molecule has 0 unspecified atom stereocenters. The predicted octanol–water partition coefficient (Wildman–Crippen LogP) is 34.1. The molecule has 0 saturated heterocycles. The molecule has 548 valence electrons. The van der Waals surface area contributed by atoms with Gasteiger partial charge >= 0.3 is 0 Å². The monoisotopic (exact) mass is 1540 g/mol. The van der Waals surface area contributed by atoms with E-state index in [0.29, 0.717) is 0 Å². The van der Waals surface area contributed by atoms with Gasteiger partial charge in [-0.2, -0.15) is 8.75 Å². The second-order valence-corrected chi connectivity index (χ2v) is 39.3. The number of hydrogen-bond donors (Lipinski definition) is 0. The Hall–Kier alpha value is -4.92. The highest BCUT2D eigenvalue weighted by atomic mass is 32.1. The van der Waals surface area contributed by atoms with E-state index in [9.17, 15) is 0 Å². The van der Waals surface area contributed by atoms with Crippen molar-refractivity contribution in [3.8, 4) is 101 Å². The van der Waals surface area contributed by atoms with E-state index in [1.54, 1.807) is 11.1 Å². The zero-order chi connectivity index (χ0) is 71.8. The summed E-state index contributed by atoms with van der Waals surface area (Å²) in [6.07, 6.45) is 43.3. The van der Waals surface area contributed by atoms with E-state index in [2.05, 4.69) is 188 Å². The molecule has 2 nitrogen and oxygen atoms in total. The van der Waals surface area contributed by atoms with Crippen LogP contribution in [0.4, 0.5) is 0 Å². The van der Waals surface area contributed by atoms with Crippen molar-refractivity contribution < 1.29 is 0 Å². The van der Waals surface area contributed by atoms with Gasteiger partial charge in [0.2, 0.25) is 0 Å². The maximum absolute atomic E-state index is 5.17. The molecule has 0 aliphatic heterocycles. The summed E-state index contributed by atoms with van der Waals surface area (Å²) < 4.78 is 10.3. The third-order valence-corrected chi connectivity index (χ3v) is 32.7. The first kappa shape index (κ1) is 77.2. The van der Waals surface area contributed by atoms with Crippen LogP contribution in [0.1, 0.15) is 278 Å². The predicted molar refractivity (Wildman–Crippen MR) is 472 cm³/mol. The van der Waals surface area contributed by atoms with Gasteiger partial charge in [-0.3, -0.25) is 0 Å². The molecule has 0 saturated carbocycles. The van der Waals surface area contributed by atoms with Crippen molar-refractivity contribution in [1.29, 1.82) is 0 Å². The Labute approximate surface area is 661 Å². The highest BCUT2D eigenvalue weighted by Gasteiger charge is 2.43. The van der Waals surface area contributed by atoms with E-state index < -0.39 is 0 Å². The number of thiophene rings is 8. The lowest BCUT2D eigenvalue weighted by Gasteiger charge is -2.33. The molecule has 12 aromatic rings. The van der Waals surface area contributed by atoms with Crippen LogP contribution >= 0.6 is 102 Å². The number of unbranched alkanes of at least 4 members (excludes halogenated alkanes) is 22. The fourth-order valence-electron chi connectivity index (χ4n) is 16.3. The van der Waals surface area contributed by atoms with Gasteiger partial charge in [0.1, 0.15) is 11.0 Å². The van der Waals surface area contributed by atoms with Crippen molar-refractivity contribution in [1.82, 2.24) is 8.75 Å². The standard InChI is InChI=1S/C93H112N2S9/c1-9-15-21-27-29-35-55-93(56-36-30-28-22-16-10-2)74-57-63(7)41-43-70(74)71-44-42-65(59-75(71)93)84-60-67(38-32-24-18-12-4)90(101-84)81-52-48-78(98-81)79-50-54-83(100-79)92-69(40-34-26-20-14-6)62-86(103-92)73-46-45-72(87-88(73)95-104-94-87)85-61-68(39-33-25-19-13-5)91(102-85)82-53-49-77(99-82)76-47-51-80(97-76)89-66(58-64(8)96-89)37-31-23-17-11-3/h41-54,57-62H,9-40,55-56H2,1-8H3. The third kappa shape index (κ3) is 18.2. The molecule has 9 heterocycles. The molecule has 0 N–H and O–H groups in total. The number of hydrogen-bond acceptors (Lipinski definition) is 11. The third-order valence-electron chi connectivity index (χ3n) is 22.0. The summed E-state index contributed by atoms with van der Waals surface area (Å²) in [6, 6.07) is 49.3. The number of benzene rings is 3. The van der Waals surface area contributed by atoms with E-state index in [4.69, 9.17) is 8.75 Å². The average molecular weight is 1550 g/mol. The molecule has 1 aliphatic carbocycles. The number of fused-ring (bicyclic) bond motifs is 4. The Morgan fingerprint density at radius 1 is 0.269 bits per heavy atom. The summed E-state index contributed by atoms with van der Waals surface area (Å²) in [5.74, 6) is 0. The second-order valence-electron chi connectivity index (χ2n) is 30.1. The van der Waals surface area contributed by atoms with E-state index in [1.807, 2.05) is 79.4 Å². The molecule has 1 aliphatic rings. The fourth-order valence-corrected chi connectivity index (χ4v) is 26.4. The van der Waals surface area contributed by atoms with Crippen molar-refractivity contribution in [2.45, 2.75) is 279 Å². The van der Waals surface area contributed by atoms with Crippen LogP contribution in [0.3, 0.4) is 0 Å². The molecule has 0 amide bonds. The maximum atomic E-state index is 5.17. The smallest absolute Gasteiger partial charge is 0.114 e. The quantitative estimate of drug-likeness (QED) is 0.0356. The van der Waals surface area contributed by atoms with Crippen LogP contribution in [-0.4, -0.2) is 8.75 Å². The summed E-state index contributed by atoms with van der Waals surface area (Å²) in [5.41, 5.74) is 19.6. The molecule has 0 radical (unpaired) electrons. The highest BCUT2D eigenvalue weighted by molar-refractivity contribution is 7.30. The van der Waals surface area contributed by atoms with Gasteiger partial charge in [-0.05, 0) is 207 Å². The van der Waals surface area contributed by atoms with Gasteiger partial charge in [-0.1, -0.05) is 244 Å². The molecule has 9 aromatic heterocycles. The van der Waals surface area contributed by atoms with Crippen LogP contribution in [0.25, 0.3) is 112 Å². The lowest BCUT2D eigenvalue weighted by Crippen LogP contribution is -2.25. The maximum Gasteiger partial charge on any atom is 0.114 e. The van der Waals surface area contributed by atoms with Crippen molar-refractivity contribution in [3.05, 3.63) is 165 Å². The summed E-state index contributed by atoms with van der Waals surface area (Å²) in [4.78, 5) is 22.3. The van der Waals surface area contributed by atoms with Crippen LogP contribution in [0, 0.1) is 13.8 Å². The average Bonchev–Trinajstić information content (AvgIpc) is 1.56. The summed E-state index contributed by atoms with van der Waals surface area (Å²) in [7, 11) is 0. The SMILES string of the molecule is CCCCCCCCC1(CCCCCCCC)c2cc(C)ccc2-c2ccc(-c3cc(CCCCCC)c(-c4ccc(-c5ccc(-c6sc(-c7ccc(-c8cc(CCCCCC)c(-c9ccc(-c%10ccc(-c%11sc(C)cc%11CCCCCC)s%10)s9)s8)c8nsnc78)cc6CCCCCC)s5)s4)s3)cc21. The van der Waals surface area contributed by atoms with Crippen LogP contribution < -0.4 is 0 Å². The van der Waals surface area contributed by atoms with E-state index in [0.717, 1.165) is 30.3 Å². The number of aryl methyl sites for hydroxylation is 6. The molecular formula is C93H112N2S9. The van der Waals surface area contributed by atoms with Gasteiger partial charge in [-0.25, -0.2) is 0 Å². The van der Waals surface area contributed by atoms with Crippen LogP contribution in [0.15, 0.2) is 121 Å². The van der Waals surface area contributed by atoms with Crippen LogP contribution in [0.2, 0.25) is 0 Å². The number of rotatable bonds is 43. The Morgan fingerprint density at radius 2 is 0.596 bits per heavy atom. The molecule has 0 atom stereocenters. The molecule has 0 spiro atoms. The van der Waals surface area contributed by atoms with E-state index in [-0.39, 0.29) is 5.41 Å². The fraction of sp³-hybridized carbons (Fsp3) is 0.462. The zero-order valence-electron chi connectivity index (χ0n) is 63.7. The van der Waals surface area contributed by atoms with Gasteiger partial charge < -0.3 is 0 Å². The largest absolute Gasteiger partial charge is 0.172 e. The summed E-state index contributed by atoms with van der Waals surface area (Å²) >= 11 is 17.3.